The molecule has 0 spiro atoms. The molecule has 2 N–H and O–H groups in total. The molecule has 0 amide bonds. The Balaban J connectivity index is 2.75. The molecule has 1 rings (SSSR count). The Labute approximate surface area is 94.3 Å². The molecule has 1 unspecified atom stereocenters. The molecular formula is C12H17F2NO. The molecule has 0 heterocycles. The summed E-state index contributed by atoms with van der Waals surface area (Å²) in [5.74, 6) is -1.75. The van der Waals surface area contributed by atoms with Crippen LogP contribution in [-0.4, -0.2) is 23.8 Å². The lowest BCUT2D eigenvalue weighted by atomic mass is 9.96. The van der Waals surface area contributed by atoms with Crippen molar-refractivity contribution in [2.45, 2.75) is 25.9 Å². The fourth-order valence-electron chi connectivity index (χ4n) is 1.55. The maximum Gasteiger partial charge on any atom is 0.162 e. The summed E-state index contributed by atoms with van der Waals surface area (Å²) in [5, 5.41) is 12.9. The molecule has 1 aromatic carbocycles. The summed E-state index contributed by atoms with van der Waals surface area (Å²) in [7, 11) is 0. The summed E-state index contributed by atoms with van der Waals surface area (Å²) in [4.78, 5) is 0. The Hall–Kier alpha value is -1.00. The van der Waals surface area contributed by atoms with Gasteiger partial charge in [-0.15, -0.1) is 0 Å². The summed E-state index contributed by atoms with van der Waals surface area (Å²) in [6, 6.07) is 3.99. The summed E-state index contributed by atoms with van der Waals surface area (Å²) in [5.41, 5.74) is -0.882. The average Bonchev–Trinajstić information content (AvgIpc) is 2.22. The van der Waals surface area contributed by atoms with Gasteiger partial charge in [0.25, 0.3) is 0 Å². The number of halogens is 2. The van der Waals surface area contributed by atoms with Crippen LogP contribution in [0.2, 0.25) is 0 Å². The molecule has 0 aliphatic heterocycles. The minimum absolute atomic E-state index is 0.0869. The molecule has 0 fully saturated rings. The van der Waals surface area contributed by atoms with Crippen molar-refractivity contribution in [2.24, 2.45) is 0 Å². The van der Waals surface area contributed by atoms with E-state index in [9.17, 15) is 13.9 Å². The quantitative estimate of drug-likeness (QED) is 0.807. The van der Waals surface area contributed by atoms with Crippen molar-refractivity contribution >= 4 is 0 Å². The minimum atomic E-state index is -1.08. The monoisotopic (exact) mass is 229 g/mol. The van der Waals surface area contributed by atoms with Gasteiger partial charge in [-0.2, -0.15) is 0 Å². The third kappa shape index (κ3) is 3.54. The second-order valence-corrected chi connectivity index (χ2v) is 4.17. The van der Waals surface area contributed by atoms with Crippen molar-refractivity contribution in [1.82, 2.24) is 5.32 Å². The van der Waals surface area contributed by atoms with E-state index in [-0.39, 0.29) is 12.0 Å². The van der Waals surface area contributed by atoms with Crippen LogP contribution >= 0.6 is 0 Å². The van der Waals surface area contributed by atoms with E-state index < -0.39 is 17.2 Å². The molecule has 1 aromatic rings. The SMILES string of the molecule is CCNCC(C)(O)Cc1cccc(F)c1F. The van der Waals surface area contributed by atoms with Gasteiger partial charge in [-0.1, -0.05) is 19.1 Å². The molecule has 16 heavy (non-hydrogen) atoms. The number of hydrogen-bond acceptors (Lipinski definition) is 2. The van der Waals surface area contributed by atoms with E-state index in [0.717, 1.165) is 12.6 Å². The third-order valence-corrected chi connectivity index (χ3v) is 2.36. The number of nitrogens with one attached hydrogen (secondary N) is 1. The molecule has 0 radical (unpaired) electrons. The van der Waals surface area contributed by atoms with Gasteiger partial charge in [0.15, 0.2) is 11.6 Å². The first-order valence-corrected chi connectivity index (χ1v) is 5.32. The van der Waals surface area contributed by atoms with Gasteiger partial charge in [0.1, 0.15) is 0 Å². The molecule has 0 saturated heterocycles. The zero-order chi connectivity index (χ0) is 12.2. The first kappa shape index (κ1) is 13.1. The van der Waals surface area contributed by atoms with Gasteiger partial charge in [-0.05, 0) is 25.1 Å². The predicted octanol–water partition coefficient (Wildman–Crippen LogP) is 1.87. The van der Waals surface area contributed by atoms with Gasteiger partial charge >= 0.3 is 0 Å². The second kappa shape index (κ2) is 5.37. The molecular weight excluding hydrogens is 212 g/mol. The fourth-order valence-corrected chi connectivity index (χ4v) is 1.55. The number of rotatable bonds is 5. The van der Waals surface area contributed by atoms with E-state index in [1.807, 2.05) is 6.92 Å². The van der Waals surface area contributed by atoms with Crippen molar-refractivity contribution in [3.8, 4) is 0 Å². The van der Waals surface area contributed by atoms with Crippen molar-refractivity contribution in [2.75, 3.05) is 13.1 Å². The highest BCUT2D eigenvalue weighted by atomic mass is 19.2. The molecule has 0 saturated carbocycles. The Bertz CT molecular complexity index is 353. The van der Waals surface area contributed by atoms with Gasteiger partial charge in [-0.25, -0.2) is 8.78 Å². The maximum atomic E-state index is 13.3. The summed E-state index contributed by atoms with van der Waals surface area (Å²) >= 11 is 0. The summed E-state index contributed by atoms with van der Waals surface area (Å²) in [6.45, 7) is 4.58. The van der Waals surface area contributed by atoms with Gasteiger partial charge in [0.05, 0.1) is 5.60 Å². The van der Waals surface area contributed by atoms with E-state index in [0.29, 0.717) is 6.54 Å². The van der Waals surface area contributed by atoms with Crippen LogP contribution in [0.3, 0.4) is 0 Å². The van der Waals surface area contributed by atoms with Gasteiger partial charge in [0, 0.05) is 13.0 Å². The molecule has 1 atom stereocenters. The molecule has 0 aliphatic carbocycles. The van der Waals surface area contributed by atoms with Crippen LogP contribution in [0.15, 0.2) is 18.2 Å². The van der Waals surface area contributed by atoms with Gasteiger partial charge < -0.3 is 10.4 Å². The Morgan fingerprint density at radius 1 is 1.38 bits per heavy atom. The molecule has 0 aromatic heterocycles. The highest BCUT2D eigenvalue weighted by Crippen LogP contribution is 2.17. The van der Waals surface area contributed by atoms with E-state index in [1.54, 1.807) is 6.92 Å². The molecule has 0 bridgehead atoms. The lowest BCUT2D eigenvalue weighted by Crippen LogP contribution is -2.39. The molecule has 0 aliphatic rings. The minimum Gasteiger partial charge on any atom is -0.389 e. The van der Waals surface area contributed by atoms with Crippen molar-refractivity contribution < 1.29 is 13.9 Å². The van der Waals surface area contributed by atoms with Crippen LogP contribution in [0.1, 0.15) is 19.4 Å². The van der Waals surface area contributed by atoms with E-state index in [4.69, 9.17) is 0 Å². The zero-order valence-electron chi connectivity index (χ0n) is 9.56. The van der Waals surface area contributed by atoms with E-state index in [2.05, 4.69) is 5.32 Å². The average molecular weight is 229 g/mol. The zero-order valence-corrected chi connectivity index (χ0v) is 9.56. The number of hydrogen-bond donors (Lipinski definition) is 2. The van der Waals surface area contributed by atoms with Gasteiger partial charge in [0.2, 0.25) is 0 Å². The molecule has 2 nitrogen and oxygen atoms in total. The summed E-state index contributed by atoms with van der Waals surface area (Å²) in [6.07, 6.45) is 0.0869. The number of likely N-dealkylation sites (N-methyl/N-ethyl adjacent to an activating group) is 1. The van der Waals surface area contributed by atoms with E-state index in [1.165, 1.54) is 12.1 Å². The summed E-state index contributed by atoms with van der Waals surface area (Å²) < 4.78 is 26.3. The third-order valence-electron chi connectivity index (χ3n) is 2.36. The topological polar surface area (TPSA) is 32.3 Å². The number of aliphatic hydroxyl groups is 1. The van der Waals surface area contributed by atoms with Crippen molar-refractivity contribution in [1.29, 1.82) is 0 Å². The van der Waals surface area contributed by atoms with Crippen molar-refractivity contribution in [3.05, 3.63) is 35.4 Å². The lowest BCUT2D eigenvalue weighted by Gasteiger charge is -2.23. The standard InChI is InChI=1S/C12H17F2NO/c1-3-15-8-12(2,16)7-9-5-4-6-10(13)11(9)14/h4-6,15-16H,3,7-8H2,1-2H3. The highest BCUT2D eigenvalue weighted by molar-refractivity contribution is 5.20. The van der Waals surface area contributed by atoms with Gasteiger partial charge in [-0.3, -0.25) is 0 Å². The normalized spacial score (nSPS) is 14.8. The first-order valence-electron chi connectivity index (χ1n) is 5.32. The Morgan fingerprint density at radius 3 is 2.69 bits per heavy atom. The molecule has 4 heteroatoms. The maximum absolute atomic E-state index is 13.3. The van der Waals surface area contributed by atoms with Crippen LogP contribution in [0, 0.1) is 11.6 Å². The van der Waals surface area contributed by atoms with Crippen LogP contribution in [0.4, 0.5) is 8.78 Å². The van der Waals surface area contributed by atoms with E-state index >= 15 is 0 Å². The Morgan fingerprint density at radius 2 is 2.06 bits per heavy atom. The smallest absolute Gasteiger partial charge is 0.162 e. The highest BCUT2D eigenvalue weighted by Gasteiger charge is 2.22. The van der Waals surface area contributed by atoms with Crippen LogP contribution in [0.5, 0.6) is 0 Å². The van der Waals surface area contributed by atoms with Crippen LogP contribution in [-0.2, 0) is 6.42 Å². The first-order chi connectivity index (χ1) is 7.46. The second-order valence-electron chi connectivity index (χ2n) is 4.17. The van der Waals surface area contributed by atoms with Crippen molar-refractivity contribution in [3.63, 3.8) is 0 Å². The fraction of sp³-hybridized carbons (Fsp3) is 0.500. The largest absolute Gasteiger partial charge is 0.389 e. The Kier molecular flexibility index (Phi) is 4.38. The number of benzene rings is 1. The van der Waals surface area contributed by atoms with Crippen LogP contribution < -0.4 is 5.32 Å². The predicted molar refractivity (Wildman–Crippen MR) is 59.2 cm³/mol. The molecule has 90 valence electrons. The lowest BCUT2D eigenvalue weighted by molar-refractivity contribution is 0.0597. The van der Waals surface area contributed by atoms with Crippen LogP contribution in [0.25, 0.3) is 0 Å².